The molecule has 24 heavy (non-hydrogen) atoms. The zero-order valence-corrected chi connectivity index (χ0v) is 14.2. The molecule has 3 heteroatoms. The zero-order valence-electron chi connectivity index (χ0n) is 14.2. The van der Waals surface area contributed by atoms with Gasteiger partial charge in [0, 0.05) is 5.41 Å². The lowest BCUT2D eigenvalue weighted by Gasteiger charge is -2.38. The van der Waals surface area contributed by atoms with Gasteiger partial charge < -0.3 is 9.15 Å². The minimum atomic E-state index is -0.167. The quantitative estimate of drug-likeness (QED) is 0.726. The molecule has 0 saturated heterocycles. The molecule has 3 aliphatic carbocycles. The number of furan rings is 1. The third-order valence-electron chi connectivity index (χ3n) is 6.95. The highest BCUT2D eigenvalue weighted by Gasteiger charge is 2.53. The molecular formula is C21H24O3. The van der Waals surface area contributed by atoms with Gasteiger partial charge in [0.1, 0.15) is 11.3 Å². The first-order chi connectivity index (χ1) is 11.7. The summed E-state index contributed by atoms with van der Waals surface area (Å²) in [5.41, 5.74) is 0.583. The average molecular weight is 324 g/mol. The second-order valence-electron chi connectivity index (χ2n) is 8.25. The molecule has 3 nitrogen and oxygen atoms in total. The molecule has 3 aliphatic rings. The summed E-state index contributed by atoms with van der Waals surface area (Å²) < 4.78 is 11.4. The van der Waals surface area contributed by atoms with Crippen molar-refractivity contribution in [2.45, 2.75) is 44.9 Å². The number of ether oxygens (including phenoxy) is 1. The first-order valence-corrected chi connectivity index (χ1v) is 9.30. The predicted octanol–water partition coefficient (Wildman–Crippen LogP) is 5.23. The van der Waals surface area contributed by atoms with Crippen LogP contribution in [0.3, 0.4) is 0 Å². The Kier molecular flexibility index (Phi) is 3.10. The molecule has 0 radical (unpaired) electrons. The summed E-state index contributed by atoms with van der Waals surface area (Å²) >= 11 is 0. The molecule has 1 aromatic carbocycles. The molecule has 1 heterocycles. The topological polar surface area (TPSA) is 39.4 Å². The van der Waals surface area contributed by atoms with Crippen LogP contribution >= 0.6 is 0 Å². The smallest absolute Gasteiger partial charge is 0.204 e. The van der Waals surface area contributed by atoms with Crippen molar-refractivity contribution in [3.63, 3.8) is 0 Å². The van der Waals surface area contributed by atoms with Crippen molar-refractivity contribution in [2.24, 2.45) is 23.2 Å². The Hall–Kier alpha value is -1.77. The Bertz CT molecular complexity index is 805. The molecule has 3 saturated carbocycles. The molecule has 0 aliphatic heterocycles. The largest absolute Gasteiger partial charge is 0.496 e. The number of carbonyl (C=O) groups excluding carboxylic acids is 1. The van der Waals surface area contributed by atoms with Crippen LogP contribution in [-0.4, -0.2) is 12.9 Å². The Morgan fingerprint density at radius 2 is 2.12 bits per heavy atom. The highest BCUT2D eigenvalue weighted by atomic mass is 16.5. The van der Waals surface area contributed by atoms with Gasteiger partial charge in [-0.2, -0.15) is 0 Å². The summed E-state index contributed by atoms with van der Waals surface area (Å²) in [6, 6.07) is 7.65. The summed E-state index contributed by atoms with van der Waals surface area (Å²) in [6.45, 7) is 0. The van der Waals surface area contributed by atoms with E-state index in [4.69, 9.17) is 9.15 Å². The van der Waals surface area contributed by atoms with Crippen molar-refractivity contribution < 1.29 is 13.9 Å². The molecule has 1 aromatic heterocycles. The summed E-state index contributed by atoms with van der Waals surface area (Å²) in [7, 11) is 1.66. The van der Waals surface area contributed by atoms with Crippen LogP contribution in [0.2, 0.25) is 0 Å². The molecule has 4 atom stereocenters. The second kappa shape index (κ2) is 5.11. The molecule has 0 amide bonds. The van der Waals surface area contributed by atoms with E-state index in [2.05, 4.69) is 0 Å². The van der Waals surface area contributed by atoms with Crippen LogP contribution < -0.4 is 4.74 Å². The number of fused-ring (bicyclic) bond motifs is 3. The van der Waals surface area contributed by atoms with Crippen LogP contribution in [0.15, 0.2) is 28.7 Å². The molecule has 0 N–H and O–H groups in total. The first kappa shape index (κ1) is 14.6. The van der Waals surface area contributed by atoms with Crippen molar-refractivity contribution in [3.8, 4) is 5.75 Å². The fourth-order valence-electron chi connectivity index (χ4n) is 6.04. The van der Waals surface area contributed by atoms with E-state index in [-0.39, 0.29) is 11.2 Å². The number of ketones is 1. The Morgan fingerprint density at radius 3 is 3.00 bits per heavy atom. The van der Waals surface area contributed by atoms with Crippen LogP contribution in [0.25, 0.3) is 11.0 Å². The molecule has 2 aromatic rings. The number of rotatable bonds is 3. The van der Waals surface area contributed by atoms with Gasteiger partial charge in [-0.3, -0.25) is 4.79 Å². The highest BCUT2D eigenvalue weighted by molar-refractivity contribution is 6.02. The van der Waals surface area contributed by atoms with E-state index in [9.17, 15) is 4.79 Å². The van der Waals surface area contributed by atoms with Crippen molar-refractivity contribution in [3.05, 3.63) is 30.0 Å². The van der Waals surface area contributed by atoms with Crippen molar-refractivity contribution in [2.75, 3.05) is 7.11 Å². The van der Waals surface area contributed by atoms with Gasteiger partial charge in [0.2, 0.25) is 5.78 Å². The summed E-state index contributed by atoms with van der Waals surface area (Å²) in [5.74, 6) is 3.97. The zero-order chi connectivity index (χ0) is 16.3. The van der Waals surface area contributed by atoms with Crippen LogP contribution in [-0.2, 0) is 0 Å². The van der Waals surface area contributed by atoms with Gasteiger partial charge in [0.05, 0.1) is 12.5 Å². The number of Topliss-reactive ketones (excluding diaryl/α,β-unsaturated/α-hetero) is 1. The van der Waals surface area contributed by atoms with Crippen molar-refractivity contribution >= 4 is 16.8 Å². The van der Waals surface area contributed by atoms with Crippen LogP contribution in [0, 0.1) is 23.2 Å². The fraction of sp³-hybridized carbons (Fsp3) is 0.571. The van der Waals surface area contributed by atoms with Gasteiger partial charge in [0.25, 0.3) is 0 Å². The van der Waals surface area contributed by atoms with E-state index in [0.29, 0.717) is 5.76 Å². The van der Waals surface area contributed by atoms with Gasteiger partial charge in [-0.15, -0.1) is 0 Å². The number of carbonyl (C=O) groups is 1. The van der Waals surface area contributed by atoms with E-state index in [1.54, 1.807) is 7.11 Å². The maximum absolute atomic E-state index is 13.5. The van der Waals surface area contributed by atoms with Gasteiger partial charge >= 0.3 is 0 Å². The summed E-state index contributed by atoms with van der Waals surface area (Å²) in [4.78, 5) is 13.5. The first-order valence-electron chi connectivity index (χ1n) is 9.30. The third kappa shape index (κ3) is 2.00. The molecule has 126 valence electrons. The lowest BCUT2D eigenvalue weighted by Crippen LogP contribution is -2.36. The Labute approximate surface area is 142 Å². The van der Waals surface area contributed by atoms with Crippen molar-refractivity contribution in [1.82, 2.24) is 0 Å². The molecule has 3 bridgehead atoms. The fourth-order valence-corrected chi connectivity index (χ4v) is 6.04. The minimum Gasteiger partial charge on any atom is -0.496 e. The van der Waals surface area contributed by atoms with Gasteiger partial charge in [-0.1, -0.05) is 18.9 Å². The lowest BCUT2D eigenvalue weighted by molar-refractivity contribution is 0.0582. The van der Waals surface area contributed by atoms with Crippen molar-refractivity contribution in [1.29, 1.82) is 0 Å². The standard InChI is InChI=1S/C21H24O3/c1-23-17-5-2-6-18-16(17)10-19(24-18)20(22)21-7-3-4-14-8-13(11-21)9-15(14)12-21/h2,5-6,10,13-15H,3-4,7-9,11-12H2,1H3. The van der Waals surface area contributed by atoms with Gasteiger partial charge in [-0.05, 0) is 68.1 Å². The van der Waals surface area contributed by atoms with Crippen LogP contribution in [0.1, 0.15) is 55.5 Å². The Balaban J connectivity index is 1.56. The van der Waals surface area contributed by atoms with E-state index >= 15 is 0 Å². The maximum Gasteiger partial charge on any atom is 0.204 e. The van der Waals surface area contributed by atoms with E-state index in [1.807, 2.05) is 24.3 Å². The molecule has 5 rings (SSSR count). The summed E-state index contributed by atoms with van der Waals surface area (Å²) in [6.07, 6.45) is 8.44. The minimum absolute atomic E-state index is 0.167. The SMILES string of the molecule is COc1cccc2oc(C(=O)C34CCCC5CC(CC5C3)C4)cc12. The third-order valence-corrected chi connectivity index (χ3v) is 6.95. The van der Waals surface area contributed by atoms with E-state index in [0.717, 1.165) is 53.7 Å². The molecule has 3 fully saturated rings. The Morgan fingerprint density at radius 1 is 1.25 bits per heavy atom. The van der Waals surface area contributed by atoms with Gasteiger partial charge in [-0.25, -0.2) is 0 Å². The molecule has 0 spiro atoms. The van der Waals surface area contributed by atoms with E-state index < -0.39 is 0 Å². The number of hydrogen-bond donors (Lipinski definition) is 0. The predicted molar refractivity (Wildman–Crippen MR) is 92.3 cm³/mol. The molecular weight excluding hydrogens is 300 g/mol. The average Bonchev–Trinajstić information content (AvgIpc) is 3.10. The summed E-state index contributed by atoms with van der Waals surface area (Å²) in [5, 5.41) is 0.907. The highest BCUT2D eigenvalue weighted by Crippen LogP contribution is 2.59. The van der Waals surface area contributed by atoms with Crippen LogP contribution in [0.5, 0.6) is 5.75 Å². The van der Waals surface area contributed by atoms with E-state index in [1.165, 1.54) is 25.7 Å². The maximum atomic E-state index is 13.5. The molecule has 4 unspecified atom stereocenters. The second-order valence-corrected chi connectivity index (χ2v) is 8.25. The lowest BCUT2D eigenvalue weighted by atomic mass is 9.64. The number of methoxy groups -OCH3 is 1. The normalized spacial score (nSPS) is 34.5. The monoisotopic (exact) mass is 324 g/mol. The number of benzene rings is 1. The van der Waals surface area contributed by atoms with Crippen LogP contribution in [0.4, 0.5) is 0 Å². The number of hydrogen-bond acceptors (Lipinski definition) is 3. The van der Waals surface area contributed by atoms with Gasteiger partial charge in [0.15, 0.2) is 5.76 Å².